The lowest BCUT2D eigenvalue weighted by Gasteiger charge is -2.11. The van der Waals surface area contributed by atoms with Crippen molar-refractivity contribution in [2.75, 3.05) is 11.9 Å². The minimum atomic E-state index is -0.215. The van der Waals surface area contributed by atoms with E-state index in [9.17, 15) is 4.79 Å². The fourth-order valence-electron chi connectivity index (χ4n) is 2.33. The first-order chi connectivity index (χ1) is 12.7. The zero-order valence-corrected chi connectivity index (χ0v) is 15.6. The number of hydrogen-bond acceptors (Lipinski definition) is 4. The molecule has 0 aliphatic rings. The monoisotopic (exact) mass is 382 g/mol. The van der Waals surface area contributed by atoms with Crippen molar-refractivity contribution in [1.82, 2.24) is 5.32 Å². The lowest BCUT2D eigenvalue weighted by Crippen LogP contribution is -2.33. The van der Waals surface area contributed by atoms with E-state index in [4.69, 9.17) is 17.0 Å². The van der Waals surface area contributed by atoms with Gasteiger partial charge in [-0.1, -0.05) is 42.5 Å². The molecule has 0 saturated carbocycles. The summed E-state index contributed by atoms with van der Waals surface area (Å²) in [6.07, 6.45) is 0.841. The summed E-state index contributed by atoms with van der Waals surface area (Å²) in [5.74, 6) is 0.533. The third kappa shape index (κ3) is 5.40. The molecule has 0 saturated heterocycles. The molecule has 2 aromatic carbocycles. The molecular formula is C20H18N2O2S2. The van der Waals surface area contributed by atoms with Gasteiger partial charge in [0.15, 0.2) is 5.11 Å². The topological polar surface area (TPSA) is 50.4 Å². The van der Waals surface area contributed by atoms with Gasteiger partial charge >= 0.3 is 0 Å². The maximum atomic E-state index is 12.0. The van der Waals surface area contributed by atoms with Crippen LogP contribution in [0.15, 0.2) is 72.1 Å². The minimum absolute atomic E-state index is 0.215. The Labute approximate surface area is 161 Å². The van der Waals surface area contributed by atoms with Gasteiger partial charge in [0.1, 0.15) is 5.75 Å². The number of rotatable bonds is 6. The van der Waals surface area contributed by atoms with Crippen LogP contribution in [0.3, 0.4) is 0 Å². The molecule has 0 aliphatic heterocycles. The van der Waals surface area contributed by atoms with E-state index in [1.54, 1.807) is 6.07 Å². The zero-order valence-electron chi connectivity index (χ0n) is 14.0. The highest BCUT2D eigenvalue weighted by Crippen LogP contribution is 2.18. The van der Waals surface area contributed by atoms with E-state index < -0.39 is 0 Å². The van der Waals surface area contributed by atoms with Crippen molar-refractivity contribution in [2.24, 2.45) is 0 Å². The SMILES string of the molecule is O=C(NC(=S)Nc1cccc(OCCc2ccccc2)c1)c1cccs1. The van der Waals surface area contributed by atoms with Gasteiger partial charge in [0.25, 0.3) is 5.91 Å². The first-order valence-electron chi connectivity index (χ1n) is 8.13. The van der Waals surface area contributed by atoms with Gasteiger partial charge in [-0.2, -0.15) is 0 Å². The standard InChI is InChI=1S/C20H18N2O2S2/c23-19(18-10-5-13-26-18)22-20(25)21-16-8-4-9-17(14-16)24-12-11-15-6-2-1-3-7-15/h1-10,13-14H,11-12H2,(H2,21,22,23,25). The van der Waals surface area contributed by atoms with Crippen molar-refractivity contribution < 1.29 is 9.53 Å². The first-order valence-corrected chi connectivity index (χ1v) is 9.42. The Balaban J connectivity index is 1.50. The normalized spacial score (nSPS) is 10.2. The summed E-state index contributed by atoms with van der Waals surface area (Å²) >= 11 is 6.57. The molecule has 1 heterocycles. The Morgan fingerprint density at radius 1 is 1.04 bits per heavy atom. The Kier molecular flexibility index (Phi) is 6.35. The second kappa shape index (κ2) is 9.12. The molecule has 0 fully saturated rings. The van der Waals surface area contributed by atoms with E-state index in [0.29, 0.717) is 11.5 Å². The summed E-state index contributed by atoms with van der Waals surface area (Å²) < 4.78 is 5.80. The molecule has 0 atom stereocenters. The third-order valence-electron chi connectivity index (χ3n) is 3.57. The van der Waals surface area contributed by atoms with E-state index in [1.807, 2.05) is 53.9 Å². The summed E-state index contributed by atoms with van der Waals surface area (Å²) in [4.78, 5) is 12.6. The number of anilines is 1. The number of benzene rings is 2. The summed E-state index contributed by atoms with van der Waals surface area (Å²) in [5, 5.41) is 7.78. The average Bonchev–Trinajstić information content (AvgIpc) is 3.18. The summed E-state index contributed by atoms with van der Waals surface area (Å²) in [5.41, 5.74) is 2.00. The van der Waals surface area contributed by atoms with Crippen LogP contribution in [-0.2, 0) is 6.42 Å². The molecule has 1 aromatic heterocycles. The van der Waals surface area contributed by atoms with Gasteiger partial charge in [-0.25, -0.2) is 0 Å². The number of thiocarbonyl (C=S) groups is 1. The highest BCUT2D eigenvalue weighted by molar-refractivity contribution is 7.80. The molecule has 3 aromatic rings. The van der Waals surface area contributed by atoms with Crippen molar-refractivity contribution in [1.29, 1.82) is 0 Å². The molecule has 6 heteroatoms. The number of carbonyl (C=O) groups excluding carboxylic acids is 1. The second-order valence-electron chi connectivity index (χ2n) is 5.50. The number of amides is 1. The van der Waals surface area contributed by atoms with Crippen LogP contribution in [0.1, 0.15) is 15.2 Å². The predicted molar refractivity (Wildman–Crippen MR) is 110 cm³/mol. The molecule has 0 radical (unpaired) electrons. The largest absolute Gasteiger partial charge is 0.493 e. The van der Waals surface area contributed by atoms with Crippen molar-refractivity contribution in [3.05, 3.63) is 82.6 Å². The molecule has 0 spiro atoms. The number of hydrogen-bond donors (Lipinski definition) is 2. The van der Waals surface area contributed by atoms with Crippen molar-refractivity contribution in [3.63, 3.8) is 0 Å². The third-order valence-corrected chi connectivity index (χ3v) is 4.64. The highest BCUT2D eigenvalue weighted by Gasteiger charge is 2.08. The maximum Gasteiger partial charge on any atom is 0.267 e. The minimum Gasteiger partial charge on any atom is -0.493 e. The quantitative estimate of drug-likeness (QED) is 0.617. The van der Waals surface area contributed by atoms with Crippen molar-refractivity contribution >= 4 is 40.3 Å². The van der Waals surface area contributed by atoms with E-state index in [0.717, 1.165) is 17.9 Å². The van der Waals surface area contributed by atoms with Crippen LogP contribution in [0.5, 0.6) is 5.75 Å². The molecule has 0 aliphatic carbocycles. The predicted octanol–water partition coefficient (Wildman–Crippen LogP) is 4.50. The van der Waals surface area contributed by atoms with Crippen LogP contribution in [0, 0.1) is 0 Å². The molecular weight excluding hydrogens is 364 g/mol. The van der Waals surface area contributed by atoms with Gasteiger partial charge in [0.05, 0.1) is 11.5 Å². The van der Waals surface area contributed by atoms with E-state index in [-0.39, 0.29) is 11.0 Å². The van der Waals surface area contributed by atoms with Gasteiger partial charge in [-0.3, -0.25) is 10.1 Å². The Morgan fingerprint density at radius 2 is 1.88 bits per heavy atom. The number of thiophene rings is 1. The van der Waals surface area contributed by atoms with Crippen molar-refractivity contribution in [3.8, 4) is 5.75 Å². The van der Waals surface area contributed by atoms with Crippen LogP contribution >= 0.6 is 23.6 Å². The molecule has 3 rings (SSSR count). The fourth-order valence-corrected chi connectivity index (χ4v) is 3.16. The summed E-state index contributed by atoms with van der Waals surface area (Å²) in [7, 11) is 0. The molecule has 0 bridgehead atoms. The molecule has 2 N–H and O–H groups in total. The van der Waals surface area contributed by atoms with Gasteiger partial charge in [0.2, 0.25) is 0 Å². The summed E-state index contributed by atoms with van der Waals surface area (Å²) in [6, 6.07) is 21.3. The van der Waals surface area contributed by atoms with Gasteiger partial charge in [-0.05, 0) is 41.4 Å². The fraction of sp³-hybridized carbons (Fsp3) is 0.100. The number of nitrogens with one attached hydrogen (secondary N) is 2. The van der Waals surface area contributed by atoms with Gasteiger partial charge in [-0.15, -0.1) is 11.3 Å². The first kappa shape index (κ1) is 18.1. The highest BCUT2D eigenvalue weighted by atomic mass is 32.1. The van der Waals surface area contributed by atoms with Crippen molar-refractivity contribution in [2.45, 2.75) is 6.42 Å². The Morgan fingerprint density at radius 3 is 2.65 bits per heavy atom. The smallest absolute Gasteiger partial charge is 0.267 e. The Bertz CT molecular complexity index is 865. The van der Waals surface area contributed by atoms with E-state index in [2.05, 4.69) is 22.8 Å². The van der Waals surface area contributed by atoms with Crippen LogP contribution < -0.4 is 15.4 Å². The van der Waals surface area contributed by atoms with Crippen LogP contribution in [-0.4, -0.2) is 17.6 Å². The second-order valence-corrected chi connectivity index (χ2v) is 6.85. The lowest BCUT2D eigenvalue weighted by molar-refractivity contribution is 0.0981. The zero-order chi connectivity index (χ0) is 18.2. The van der Waals surface area contributed by atoms with Gasteiger partial charge in [0, 0.05) is 18.2 Å². The summed E-state index contributed by atoms with van der Waals surface area (Å²) in [6.45, 7) is 0.590. The number of carbonyl (C=O) groups is 1. The number of ether oxygens (including phenoxy) is 1. The molecule has 26 heavy (non-hydrogen) atoms. The van der Waals surface area contributed by atoms with Crippen LogP contribution in [0.25, 0.3) is 0 Å². The Hall–Kier alpha value is -2.70. The molecule has 0 unspecified atom stereocenters. The maximum absolute atomic E-state index is 12.0. The van der Waals surface area contributed by atoms with E-state index in [1.165, 1.54) is 16.9 Å². The molecule has 4 nitrogen and oxygen atoms in total. The van der Waals surface area contributed by atoms with Crippen LogP contribution in [0.2, 0.25) is 0 Å². The van der Waals surface area contributed by atoms with Crippen LogP contribution in [0.4, 0.5) is 5.69 Å². The lowest BCUT2D eigenvalue weighted by atomic mass is 10.2. The molecule has 132 valence electrons. The average molecular weight is 383 g/mol. The van der Waals surface area contributed by atoms with E-state index >= 15 is 0 Å². The van der Waals surface area contributed by atoms with Gasteiger partial charge < -0.3 is 10.1 Å². The molecule has 1 amide bonds.